The predicted octanol–water partition coefficient (Wildman–Crippen LogP) is 2.99. The van der Waals surface area contributed by atoms with Gasteiger partial charge in [-0.15, -0.1) is 6.42 Å². The summed E-state index contributed by atoms with van der Waals surface area (Å²) < 4.78 is 39.9. The van der Waals surface area contributed by atoms with Crippen molar-refractivity contribution >= 4 is 23.2 Å². The van der Waals surface area contributed by atoms with Crippen LogP contribution in [-0.4, -0.2) is 20.5 Å². The van der Waals surface area contributed by atoms with Gasteiger partial charge in [-0.2, -0.15) is 13.2 Å². The summed E-state index contributed by atoms with van der Waals surface area (Å²) in [5.74, 6) is 0.591. The number of carboxylic acid groups (broad SMARTS) is 1. The van der Waals surface area contributed by atoms with Crippen LogP contribution >= 0.6 is 11.6 Å². The molecular weight excluding hydrogens is 297 g/mol. The molecule has 0 spiro atoms. The Bertz CT molecular complexity index is 772. The van der Waals surface area contributed by atoms with E-state index in [1.165, 1.54) is 6.92 Å². The number of hydrogen-bond acceptors (Lipinski definition) is 2. The molecule has 0 saturated carbocycles. The van der Waals surface area contributed by atoms with E-state index in [1.807, 2.05) is 0 Å². The van der Waals surface area contributed by atoms with Gasteiger partial charge in [-0.25, -0.2) is 9.78 Å². The number of rotatable bonds is 1. The van der Waals surface area contributed by atoms with Gasteiger partial charge in [-0.1, -0.05) is 17.5 Å². The minimum absolute atomic E-state index is 0.0407. The van der Waals surface area contributed by atoms with E-state index in [0.29, 0.717) is 0 Å². The molecule has 2 rings (SSSR count). The molecule has 104 valence electrons. The van der Waals surface area contributed by atoms with Crippen molar-refractivity contribution in [1.82, 2.24) is 9.38 Å². The van der Waals surface area contributed by atoms with Gasteiger partial charge in [0.25, 0.3) is 0 Å². The van der Waals surface area contributed by atoms with E-state index in [1.54, 1.807) is 0 Å². The Morgan fingerprint density at radius 3 is 2.60 bits per heavy atom. The summed E-state index contributed by atoms with van der Waals surface area (Å²) in [6, 6.07) is 0.750. The molecule has 0 amide bonds. The highest BCUT2D eigenvalue weighted by molar-refractivity contribution is 6.32. The number of aryl methyl sites for hydroxylation is 1. The highest BCUT2D eigenvalue weighted by Gasteiger charge is 2.36. The van der Waals surface area contributed by atoms with Crippen LogP contribution in [0.4, 0.5) is 13.2 Å². The molecular formula is C12H6ClF3N2O2. The average molecular weight is 303 g/mol. The van der Waals surface area contributed by atoms with E-state index < -0.39 is 34.2 Å². The van der Waals surface area contributed by atoms with Crippen LogP contribution in [0.15, 0.2) is 6.07 Å². The molecule has 0 fully saturated rings. The molecule has 0 unspecified atom stereocenters. The summed E-state index contributed by atoms with van der Waals surface area (Å²) in [6.07, 6.45) is 0.429. The lowest BCUT2D eigenvalue weighted by atomic mass is 10.1. The Morgan fingerprint density at radius 1 is 1.55 bits per heavy atom. The number of hydrogen-bond donors (Lipinski definition) is 1. The number of terminal acetylenes is 1. The number of pyridine rings is 1. The quantitative estimate of drug-likeness (QED) is 0.824. The number of aromatic carboxylic acids is 1. The Hall–Kier alpha value is -2.20. The summed E-state index contributed by atoms with van der Waals surface area (Å²) >= 11 is 5.79. The maximum absolute atomic E-state index is 13.0. The Labute approximate surface area is 115 Å². The van der Waals surface area contributed by atoms with Crippen molar-refractivity contribution in [2.75, 3.05) is 0 Å². The first-order valence-electron chi connectivity index (χ1n) is 5.17. The largest absolute Gasteiger partial charge is 0.476 e. The van der Waals surface area contributed by atoms with Crippen LogP contribution < -0.4 is 0 Å². The average Bonchev–Trinajstić information content (AvgIpc) is 2.67. The molecule has 0 aliphatic heterocycles. The SMILES string of the molecule is C#Cc1cc(C(F)(F)F)c2nc(C(=O)O)c(Cl)n2c1C. The predicted molar refractivity (Wildman–Crippen MR) is 64.8 cm³/mol. The molecule has 20 heavy (non-hydrogen) atoms. The Balaban J connectivity index is 3.03. The van der Waals surface area contributed by atoms with E-state index in [2.05, 4.69) is 10.9 Å². The van der Waals surface area contributed by atoms with Crippen LogP contribution in [-0.2, 0) is 6.18 Å². The second-order valence-corrected chi connectivity index (χ2v) is 4.27. The van der Waals surface area contributed by atoms with E-state index in [4.69, 9.17) is 23.1 Å². The van der Waals surface area contributed by atoms with Crippen LogP contribution in [0, 0.1) is 19.3 Å². The maximum Gasteiger partial charge on any atom is 0.420 e. The number of aromatic nitrogens is 2. The van der Waals surface area contributed by atoms with Gasteiger partial charge in [0.2, 0.25) is 0 Å². The lowest BCUT2D eigenvalue weighted by Gasteiger charge is -2.12. The second kappa shape index (κ2) is 4.42. The molecule has 2 aromatic rings. The number of carbonyl (C=O) groups is 1. The zero-order valence-corrected chi connectivity index (χ0v) is 10.7. The zero-order valence-electron chi connectivity index (χ0n) is 9.92. The second-order valence-electron chi connectivity index (χ2n) is 3.91. The first-order valence-corrected chi connectivity index (χ1v) is 5.55. The molecule has 2 aromatic heterocycles. The maximum atomic E-state index is 13.0. The van der Waals surface area contributed by atoms with Gasteiger partial charge in [0.15, 0.2) is 11.3 Å². The van der Waals surface area contributed by atoms with Crippen LogP contribution in [0.5, 0.6) is 0 Å². The van der Waals surface area contributed by atoms with Crippen molar-refractivity contribution in [1.29, 1.82) is 0 Å². The molecule has 8 heteroatoms. The van der Waals surface area contributed by atoms with E-state index in [-0.39, 0.29) is 11.3 Å². The number of halogens is 4. The molecule has 0 atom stereocenters. The van der Waals surface area contributed by atoms with Crippen LogP contribution in [0.3, 0.4) is 0 Å². The van der Waals surface area contributed by atoms with E-state index >= 15 is 0 Å². The van der Waals surface area contributed by atoms with E-state index in [9.17, 15) is 18.0 Å². The fraction of sp³-hybridized carbons (Fsp3) is 0.167. The number of carboxylic acids is 1. The zero-order chi connectivity index (χ0) is 15.2. The number of fused-ring (bicyclic) bond motifs is 1. The van der Waals surface area contributed by atoms with Crippen LogP contribution in [0.25, 0.3) is 5.65 Å². The number of imidazole rings is 1. The van der Waals surface area contributed by atoms with Gasteiger partial charge in [-0.3, -0.25) is 4.40 Å². The Kier molecular flexibility index (Phi) is 3.14. The summed E-state index contributed by atoms with van der Waals surface area (Å²) in [5, 5.41) is 8.47. The van der Waals surface area contributed by atoms with Gasteiger partial charge in [-0.05, 0) is 13.0 Å². The minimum atomic E-state index is -4.73. The third-order valence-electron chi connectivity index (χ3n) is 2.74. The molecule has 0 aliphatic rings. The van der Waals surface area contributed by atoms with Crippen LogP contribution in [0.2, 0.25) is 5.15 Å². The van der Waals surface area contributed by atoms with Crippen molar-refractivity contribution in [3.63, 3.8) is 0 Å². The smallest absolute Gasteiger partial charge is 0.420 e. The van der Waals surface area contributed by atoms with Crippen molar-refractivity contribution in [2.45, 2.75) is 13.1 Å². The van der Waals surface area contributed by atoms with Gasteiger partial charge in [0.1, 0.15) is 10.7 Å². The van der Waals surface area contributed by atoms with Gasteiger partial charge >= 0.3 is 12.1 Å². The highest BCUT2D eigenvalue weighted by Crippen LogP contribution is 2.35. The summed E-state index contributed by atoms with van der Waals surface area (Å²) in [4.78, 5) is 14.4. The lowest BCUT2D eigenvalue weighted by molar-refractivity contribution is -0.136. The molecule has 0 aromatic carbocycles. The molecule has 0 radical (unpaired) electrons. The topological polar surface area (TPSA) is 54.6 Å². The van der Waals surface area contributed by atoms with Crippen molar-refractivity contribution < 1.29 is 23.1 Å². The number of alkyl halides is 3. The van der Waals surface area contributed by atoms with Crippen molar-refractivity contribution in [3.8, 4) is 12.3 Å². The summed E-state index contributed by atoms with van der Waals surface area (Å²) in [7, 11) is 0. The third-order valence-corrected chi connectivity index (χ3v) is 3.09. The molecule has 4 nitrogen and oxygen atoms in total. The summed E-state index contributed by atoms with van der Waals surface area (Å²) in [6.45, 7) is 1.43. The van der Waals surface area contributed by atoms with Gasteiger partial charge in [0, 0.05) is 11.3 Å². The molecule has 0 aliphatic carbocycles. The monoisotopic (exact) mass is 302 g/mol. The lowest BCUT2D eigenvalue weighted by Crippen LogP contribution is -2.10. The van der Waals surface area contributed by atoms with Crippen molar-refractivity contribution in [3.05, 3.63) is 33.7 Å². The number of nitrogens with zero attached hydrogens (tertiary/aromatic N) is 2. The van der Waals surface area contributed by atoms with Crippen molar-refractivity contribution in [2.24, 2.45) is 0 Å². The molecule has 0 bridgehead atoms. The highest BCUT2D eigenvalue weighted by atomic mass is 35.5. The molecule has 0 saturated heterocycles. The molecule has 1 N–H and O–H groups in total. The third kappa shape index (κ3) is 1.98. The fourth-order valence-corrected chi connectivity index (χ4v) is 2.14. The minimum Gasteiger partial charge on any atom is -0.476 e. The van der Waals surface area contributed by atoms with Gasteiger partial charge in [0.05, 0.1) is 0 Å². The standard InChI is InChI=1S/C12H6ClF3N2O2/c1-3-6-4-7(12(14,15)16)10-17-8(11(19)20)9(13)18(10)5(6)2/h1,4H,2H3,(H,19,20). The first kappa shape index (κ1) is 14.2. The Morgan fingerprint density at radius 2 is 2.15 bits per heavy atom. The van der Waals surface area contributed by atoms with Gasteiger partial charge < -0.3 is 5.11 Å². The summed E-state index contributed by atoms with van der Waals surface area (Å²) in [5.41, 5.74) is -2.21. The molecule has 2 heterocycles. The fourth-order valence-electron chi connectivity index (χ4n) is 1.81. The first-order chi connectivity index (χ1) is 9.18. The van der Waals surface area contributed by atoms with E-state index in [0.717, 1.165) is 10.5 Å². The van der Waals surface area contributed by atoms with Crippen LogP contribution in [0.1, 0.15) is 27.3 Å². The normalized spacial score (nSPS) is 11.6.